The fraction of sp³-hybridized carbons (Fsp3) is 0. The predicted octanol–water partition coefficient (Wildman–Crippen LogP) is 3.88. The van der Waals surface area contributed by atoms with E-state index in [4.69, 9.17) is 33.0 Å². The number of nitrogens with zero attached hydrogens (tertiary/aromatic N) is 1. The van der Waals surface area contributed by atoms with Crippen molar-refractivity contribution in [2.24, 2.45) is 0 Å². The summed E-state index contributed by atoms with van der Waals surface area (Å²) in [7, 11) is 0. The molecule has 0 bridgehead atoms. The van der Waals surface area contributed by atoms with Crippen LogP contribution in [0, 0.1) is 0 Å². The van der Waals surface area contributed by atoms with Crippen LogP contribution in [0.25, 0.3) is 0 Å². The molecule has 0 radical (unpaired) electrons. The molecule has 0 aliphatic rings. The van der Waals surface area contributed by atoms with Crippen molar-refractivity contribution >= 4 is 29.2 Å². The normalized spacial score (nSPS) is 10.1. The molecule has 0 aliphatic carbocycles. The smallest absolute Gasteiger partial charge is 0.354 e. The van der Waals surface area contributed by atoms with E-state index in [0.29, 0.717) is 15.8 Å². The van der Waals surface area contributed by atoms with E-state index in [1.807, 2.05) is 0 Å². The number of halogens is 2. The van der Waals surface area contributed by atoms with Crippen molar-refractivity contribution in [3.05, 3.63) is 52.1 Å². The van der Waals surface area contributed by atoms with Gasteiger partial charge in [-0.25, -0.2) is 9.78 Å². The second kappa shape index (κ2) is 5.25. The molecule has 0 amide bonds. The standard InChI is InChI=1S/C12H7Cl2NO3/c13-8-5-4-7(6-9(8)14)18-11-3-1-2-10(15-11)12(16)17/h1-6H,(H,16,17). The summed E-state index contributed by atoms with van der Waals surface area (Å²) in [4.78, 5) is 14.6. The lowest BCUT2D eigenvalue weighted by molar-refractivity contribution is 0.0689. The van der Waals surface area contributed by atoms with Gasteiger partial charge in [0.1, 0.15) is 5.75 Å². The highest BCUT2D eigenvalue weighted by Gasteiger charge is 2.07. The third-order valence-corrected chi connectivity index (χ3v) is 2.80. The molecule has 1 aromatic heterocycles. The van der Waals surface area contributed by atoms with Gasteiger partial charge in [0, 0.05) is 12.1 Å². The van der Waals surface area contributed by atoms with Crippen LogP contribution in [0.2, 0.25) is 10.0 Å². The van der Waals surface area contributed by atoms with E-state index in [1.54, 1.807) is 24.3 Å². The number of pyridine rings is 1. The number of hydrogen-bond donors (Lipinski definition) is 1. The second-order valence-corrected chi connectivity index (χ2v) is 4.16. The highest BCUT2D eigenvalue weighted by atomic mass is 35.5. The third-order valence-electron chi connectivity index (χ3n) is 2.06. The summed E-state index contributed by atoms with van der Waals surface area (Å²) >= 11 is 11.6. The molecule has 2 aromatic rings. The van der Waals surface area contributed by atoms with Gasteiger partial charge in [0.25, 0.3) is 0 Å². The first-order valence-electron chi connectivity index (χ1n) is 4.89. The molecule has 18 heavy (non-hydrogen) atoms. The van der Waals surface area contributed by atoms with Crippen molar-refractivity contribution < 1.29 is 14.6 Å². The molecule has 1 heterocycles. The quantitative estimate of drug-likeness (QED) is 0.929. The Bertz CT molecular complexity index is 602. The van der Waals surface area contributed by atoms with Crippen LogP contribution >= 0.6 is 23.2 Å². The van der Waals surface area contributed by atoms with E-state index in [9.17, 15) is 4.79 Å². The lowest BCUT2D eigenvalue weighted by Gasteiger charge is -2.06. The van der Waals surface area contributed by atoms with Crippen molar-refractivity contribution in [2.45, 2.75) is 0 Å². The van der Waals surface area contributed by atoms with Gasteiger partial charge in [-0.3, -0.25) is 0 Å². The Morgan fingerprint density at radius 1 is 1.17 bits per heavy atom. The molecular formula is C12H7Cl2NO3. The fourth-order valence-electron chi connectivity index (χ4n) is 1.25. The maximum absolute atomic E-state index is 10.7. The van der Waals surface area contributed by atoms with Crippen LogP contribution in [-0.2, 0) is 0 Å². The lowest BCUT2D eigenvalue weighted by Crippen LogP contribution is -2.00. The van der Waals surface area contributed by atoms with Gasteiger partial charge in [0.2, 0.25) is 5.88 Å². The monoisotopic (exact) mass is 283 g/mol. The first kappa shape index (κ1) is 12.7. The molecule has 1 aromatic carbocycles. The number of carbonyl (C=O) groups is 1. The number of aromatic carboxylic acids is 1. The van der Waals surface area contributed by atoms with Gasteiger partial charge in [0.05, 0.1) is 10.0 Å². The van der Waals surface area contributed by atoms with Crippen molar-refractivity contribution in [2.75, 3.05) is 0 Å². The number of carboxylic acid groups (broad SMARTS) is 1. The van der Waals surface area contributed by atoms with Crippen LogP contribution in [0.5, 0.6) is 11.6 Å². The number of carboxylic acids is 1. The zero-order valence-electron chi connectivity index (χ0n) is 8.93. The van der Waals surface area contributed by atoms with Crippen LogP contribution in [0.1, 0.15) is 10.5 Å². The molecule has 1 N–H and O–H groups in total. The molecule has 2 rings (SSSR count). The molecule has 92 valence electrons. The van der Waals surface area contributed by atoms with Crippen molar-refractivity contribution in [3.8, 4) is 11.6 Å². The minimum atomic E-state index is -1.12. The van der Waals surface area contributed by atoms with E-state index in [2.05, 4.69) is 4.98 Å². The molecule has 0 saturated heterocycles. The summed E-state index contributed by atoms with van der Waals surface area (Å²) in [6, 6.07) is 9.20. The summed E-state index contributed by atoms with van der Waals surface area (Å²) < 4.78 is 5.39. The van der Waals surface area contributed by atoms with E-state index in [-0.39, 0.29) is 11.6 Å². The number of benzene rings is 1. The first-order valence-corrected chi connectivity index (χ1v) is 5.65. The van der Waals surface area contributed by atoms with E-state index in [1.165, 1.54) is 12.1 Å². The molecule has 0 saturated carbocycles. The molecule has 6 heteroatoms. The minimum absolute atomic E-state index is 0.0902. The Labute approximate surface area is 113 Å². The van der Waals surface area contributed by atoms with Crippen LogP contribution in [0.3, 0.4) is 0 Å². The molecule has 0 unspecified atom stereocenters. The predicted molar refractivity (Wildman–Crippen MR) is 67.7 cm³/mol. The van der Waals surface area contributed by atoms with Gasteiger partial charge in [-0.1, -0.05) is 29.3 Å². The molecule has 0 atom stereocenters. The summed E-state index contributed by atoms with van der Waals surface area (Å²) in [6.45, 7) is 0. The van der Waals surface area contributed by atoms with Crippen LogP contribution in [-0.4, -0.2) is 16.1 Å². The van der Waals surface area contributed by atoms with E-state index >= 15 is 0 Å². The molecule has 0 spiro atoms. The Morgan fingerprint density at radius 3 is 2.61 bits per heavy atom. The maximum atomic E-state index is 10.7. The van der Waals surface area contributed by atoms with Gasteiger partial charge < -0.3 is 9.84 Å². The Hall–Kier alpha value is -1.78. The average molecular weight is 284 g/mol. The lowest BCUT2D eigenvalue weighted by atomic mass is 10.3. The minimum Gasteiger partial charge on any atom is -0.477 e. The molecule has 0 aliphatic heterocycles. The zero-order chi connectivity index (χ0) is 13.1. The number of hydrogen-bond acceptors (Lipinski definition) is 3. The molecule has 4 nitrogen and oxygen atoms in total. The average Bonchev–Trinajstić information content (AvgIpc) is 2.34. The fourth-order valence-corrected chi connectivity index (χ4v) is 1.54. The maximum Gasteiger partial charge on any atom is 0.354 e. The third kappa shape index (κ3) is 2.91. The van der Waals surface area contributed by atoms with Crippen LogP contribution < -0.4 is 4.74 Å². The highest BCUT2D eigenvalue weighted by molar-refractivity contribution is 6.42. The topological polar surface area (TPSA) is 59.4 Å². The van der Waals surface area contributed by atoms with Crippen molar-refractivity contribution in [1.82, 2.24) is 4.98 Å². The van der Waals surface area contributed by atoms with Gasteiger partial charge >= 0.3 is 5.97 Å². The van der Waals surface area contributed by atoms with Crippen molar-refractivity contribution in [3.63, 3.8) is 0 Å². The van der Waals surface area contributed by atoms with Crippen LogP contribution in [0.4, 0.5) is 0 Å². The second-order valence-electron chi connectivity index (χ2n) is 3.34. The van der Waals surface area contributed by atoms with Crippen molar-refractivity contribution in [1.29, 1.82) is 0 Å². The van der Waals surface area contributed by atoms with E-state index in [0.717, 1.165) is 0 Å². The molecular weight excluding hydrogens is 277 g/mol. The van der Waals surface area contributed by atoms with Gasteiger partial charge in [0.15, 0.2) is 5.69 Å². The van der Waals surface area contributed by atoms with Crippen LogP contribution in [0.15, 0.2) is 36.4 Å². The van der Waals surface area contributed by atoms with E-state index < -0.39 is 5.97 Å². The summed E-state index contributed by atoms with van der Waals surface area (Å²) in [5, 5.41) is 9.56. The Morgan fingerprint density at radius 2 is 1.94 bits per heavy atom. The first-order chi connectivity index (χ1) is 8.56. The van der Waals surface area contributed by atoms with Gasteiger partial charge in [-0.15, -0.1) is 0 Å². The zero-order valence-corrected chi connectivity index (χ0v) is 10.4. The molecule has 0 fully saturated rings. The summed E-state index contributed by atoms with van der Waals surface area (Å²) in [5.74, 6) is -0.512. The van der Waals surface area contributed by atoms with Gasteiger partial charge in [-0.05, 0) is 18.2 Å². The summed E-state index contributed by atoms with van der Waals surface area (Å²) in [6.07, 6.45) is 0. The number of aromatic nitrogens is 1. The number of ether oxygens (including phenoxy) is 1. The highest BCUT2D eigenvalue weighted by Crippen LogP contribution is 2.28. The SMILES string of the molecule is O=C(O)c1cccc(Oc2ccc(Cl)c(Cl)c2)n1. The summed E-state index contributed by atoms with van der Waals surface area (Å²) in [5.41, 5.74) is -0.0902. The Balaban J connectivity index is 2.25. The largest absolute Gasteiger partial charge is 0.477 e. The Kier molecular flexibility index (Phi) is 3.69. The van der Waals surface area contributed by atoms with Gasteiger partial charge in [-0.2, -0.15) is 0 Å². The number of rotatable bonds is 3.